The molecule has 2 aromatic heterocycles. The summed E-state index contributed by atoms with van der Waals surface area (Å²) in [6.07, 6.45) is 4.09. The number of carbonyl (C=O) groups excluding carboxylic acids is 1. The second-order valence-electron chi connectivity index (χ2n) is 4.41. The van der Waals surface area contributed by atoms with Crippen molar-refractivity contribution in [2.45, 2.75) is 19.9 Å². The highest BCUT2D eigenvalue weighted by Gasteiger charge is 2.23. The maximum absolute atomic E-state index is 12.1. The topological polar surface area (TPSA) is 92.8 Å². The van der Waals surface area contributed by atoms with E-state index < -0.39 is 5.97 Å². The average molecular weight is 273 g/mol. The molecule has 1 aliphatic heterocycles. The Kier molecular flexibility index (Phi) is 3.42. The van der Waals surface area contributed by atoms with Gasteiger partial charge in [0.05, 0.1) is 12.3 Å². The number of rotatable bonds is 3. The van der Waals surface area contributed by atoms with Crippen LogP contribution in [0.3, 0.4) is 0 Å². The molecule has 0 unspecified atom stereocenters. The van der Waals surface area contributed by atoms with Gasteiger partial charge in [-0.15, -0.1) is 0 Å². The van der Waals surface area contributed by atoms with Crippen molar-refractivity contribution in [3.63, 3.8) is 0 Å². The van der Waals surface area contributed by atoms with Crippen molar-refractivity contribution < 1.29 is 9.53 Å². The van der Waals surface area contributed by atoms with Crippen LogP contribution in [0.25, 0.3) is 11.6 Å². The zero-order chi connectivity index (χ0) is 13.9. The molecule has 0 fully saturated rings. The highest BCUT2D eigenvalue weighted by molar-refractivity contribution is 5.89. The number of fused-ring (bicyclic) bond motifs is 1. The highest BCUT2D eigenvalue weighted by atomic mass is 16.5. The van der Waals surface area contributed by atoms with E-state index in [1.54, 1.807) is 19.3 Å². The van der Waals surface area contributed by atoms with E-state index in [1.807, 2.05) is 0 Å². The van der Waals surface area contributed by atoms with Gasteiger partial charge < -0.3 is 15.0 Å². The minimum absolute atomic E-state index is 0.321. The SMILES string of the molecule is CCOC(=O)c1nc(-c2ncc[nH]2)nc2c1CNCC2. The van der Waals surface area contributed by atoms with Crippen molar-refractivity contribution in [2.24, 2.45) is 0 Å². The summed E-state index contributed by atoms with van der Waals surface area (Å²) in [5.41, 5.74) is 2.04. The van der Waals surface area contributed by atoms with Crippen molar-refractivity contribution in [3.05, 3.63) is 29.3 Å². The van der Waals surface area contributed by atoms with Crippen LogP contribution in [0.15, 0.2) is 12.4 Å². The first-order valence-corrected chi connectivity index (χ1v) is 6.57. The molecule has 0 radical (unpaired) electrons. The van der Waals surface area contributed by atoms with Crippen LogP contribution < -0.4 is 5.32 Å². The Labute approximate surface area is 115 Å². The molecule has 20 heavy (non-hydrogen) atoms. The van der Waals surface area contributed by atoms with Gasteiger partial charge in [-0.1, -0.05) is 0 Å². The molecule has 0 saturated carbocycles. The lowest BCUT2D eigenvalue weighted by Crippen LogP contribution is -2.28. The van der Waals surface area contributed by atoms with Crippen molar-refractivity contribution in [1.82, 2.24) is 25.3 Å². The summed E-state index contributed by atoms with van der Waals surface area (Å²) in [6, 6.07) is 0. The number of carbonyl (C=O) groups is 1. The number of esters is 1. The molecule has 0 saturated heterocycles. The first-order valence-electron chi connectivity index (χ1n) is 6.57. The smallest absolute Gasteiger partial charge is 0.357 e. The number of hydrogen-bond acceptors (Lipinski definition) is 6. The second-order valence-corrected chi connectivity index (χ2v) is 4.41. The van der Waals surface area contributed by atoms with E-state index in [0.717, 1.165) is 24.2 Å². The van der Waals surface area contributed by atoms with Crippen LogP contribution in [0, 0.1) is 0 Å². The van der Waals surface area contributed by atoms with Crippen LogP contribution in [-0.2, 0) is 17.7 Å². The first-order chi connectivity index (χ1) is 9.79. The highest BCUT2D eigenvalue weighted by Crippen LogP contribution is 2.20. The monoisotopic (exact) mass is 273 g/mol. The van der Waals surface area contributed by atoms with Crippen LogP contribution in [0.1, 0.15) is 28.7 Å². The molecule has 0 bridgehead atoms. The molecule has 0 aliphatic carbocycles. The molecule has 104 valence electrons. The Morgan fingerprint density at radius 1 is 1.45 bits per heavy atom. The number of ether oxygens (including phenoxy) is 1. The Morgan fingerprint density at radius 2 is 2.35 bits per heavy atom. The number of nitrogens with zero attached hydrogens (tertiary/aromatic N) is 3. The lowest BCUT2D eigenvalue weighted by molar-refractivity contribution is 0.0517. The fourth-order valence-corrected chi connectivity index (χ4v) is 2.20. The summed E-state index contributed by atoms with van der Waals surface area (Å²) in [5, 5.41) is 3.22. The van der Waals surface area contributed by atoms with E-state index in [9.17, 15) is 4.79 Å². The molecule has 0 amide bonds. The lowest BCUT2D eigenvalue weighted by Gasteiger charge is -2.18. The Balaban J connectivity index is 2.10. The third-order valence-electron chi connectivity index (χ3n) is 3.11. The minimum atomic E-state index is -0.414. The largest absolute Gasteiger partial charge is 0.461 e. The molecule has 7 nitrogen and oxygen atoms in total. The third-order valence-corrected chi connectivity index (χ3v) is 3.11. The van der Waals surface area contributed by atoms with Gasteiger partial charge in [-0.05, 0) is 6.92 Å². The van der Waals surface area contributed by atoms with Crippen LogP contribution in [0.5, 0.6) is 0 Å². The third kappa shape index (κ3) is 2.27. The summed E-state index contributed by atoms with van der Waals surface area (Å²) in [6.45, 7) is 3.52. The molecule has 0 atom stereocenters. The van der Waals surface area contributed by atoms with E-state index in [2.05, 4.69) is 25.3 Å². The van der Waals surface area contributed by atoms with Gasteiger partial charge in [0.1, 0.15) is 0 Å². The van der Waals surface area contributed by atoms with Gasteiger partial charge in [-0.3, -0.25) is 0 Å². The predicted molar refractivity (Wildman–Crippen MR) is 71.0 cm³/mol. The maximum Gasteiger partial charge on any atom is 0.357 e. The van der Waals surface area contributed by atoms with Crippen LogP contribution in [0.2, 0.25) is 0 Å². The van der Waals surface area contributed by atoms with Gasteiger partial charge in [0.25, 0.3) is 0 Å². The van der Waals surface area contributed by atoms with Gasteiger partial charge in [-0.25, -0.2) is 19.7 Å². The Bertz CT molecular complexity index is 624. The molecular weight excluding hydrogens is 258 g/mol. The zero-order valence-corrected chi connectivity index (χ0v) is 11.1. The van der Waals surface area contributed by atoms with Gasteiger partial charge >= 0.3 is 5.97 Å². The summed E-state index contributed by atoms with van der Waals surface area (Å²) in [5.74, 6) is 0.568. The van der Waals surface area contributed by atoms with Crippen molar-refractivity contribution in [2.75, 3.05) is 13.2 Å². The summed E-state index contributed by atoms with van der Waals surface area (Å²) in [7, 11) is 0. The molecule has 3 heterocycles. The summed E-state index contributed by atoms with van der Waals surface area (Å²) in [4.78, 5) is 28.0. The molecule has 2 aromatic rings. The number of aromatic amines is 1. The number of hydrogen-bond donors (Lipinski definition) is 2. The summed E-state index contributed by atoms with van der Waals surface area (Å²) >= 11 is 0. The van der Waals surface area contributed by atoms with E-state index in [4.69, 9.17) is 4.74 Å². The molecular formula is C13H15N5O2. The van der Waals surface area contributed by atoms with Crippen molar-refractivity contribution in [1.29, 1.82) is 0 Å². The quantitative estimate of drug-likeness (QED) is 0.799. The van der Waals surface area contributed by atoms with E-state index in [0.29, 0.717) is 30.5 Å². The number of aromatic nitrogens is 4. The molecule has 7 heteroatoms. The molecule has 2 N–H and O–H groups in total. The van der Waals surface area contributed by atoms with Crippen molar-refractivity contribution >= 4 is 5.97 Å². The first kappa shape index (κ1) is 12.7. The van der Waals surface area contributed by atoms with E-state index in [1.165, 1.54) is 0 Å². The maximum atomic E-state index is 12.1. The van der Waals surface area contributed by atoms with E-state index >= 15 is 0 Å². The standard InChI is InChI=1S/C13H15N5O2/c1-2-20-13(19)10-8-7-14-4-3-9(8)17-12(18-10)11-15-5-6-16-11/h5-6,14H,2-4,7H2,1H3,(H,15,16). The number of H-pyrrole nitrogens is 1. The molecule has 1 aliphatic rings. The average Bonchev–Trinajstić information content (AvgIpc) is 3.00. The lowest BCUT2D eigenvalue weighted by atomic mass is 10.1. The molecule has 0 aromatic carbocycles. The van der Waals surface area contributed by atoms with E-state index in [-0.39, 0.29) is 0 Å². The Morgan fingerprint density at radius 3 is 3.10 bits per heavy atom. The zero-order valence-electron chi connectivity index (χ0n) is 11.1. The van der Waals surface area contributed by atoms with Crippen LogP contribution >= 0.6 is 0 Å². The predicted octanol–water partition coefficient (Wildman–Crippen LogP) is 0.689. The summed E-state index contributed by atoms with van der Waals surface area (Å²) < 4.78 is 5.08. The van der Waals surface area contributed by atoms with Gasteiger partial charge in [0.2, 0.25) is 0 Å². The van der Waals surface area contributed by atoms with Crippen molar-refractivity contribution in [3.8, 4) is 11.6 Å². The minimum Gasteiger partial charge on any atom is -0.461 e. The van der Waals surface area contributed by atoms with Crippen LogP contribution in [0.4, 0.5) is 0 Å². The van der Waals surface area contributed by atoms with Gasteiger partial charge in [-0.2, -0.15) is 0 Å². The second kappa shape index (κ2) is 5.38. The van der Waals surface area contributed by atoms with Gasteiger partial charge in [0, 0.05) is 37.5 Å². The van der Waals surface area contributed by atoms with Gasteiger partial charge in [0.15, 0.2) is 17.3 Å². The molecule has 3 rings (SSSR count). The normalized spacial score (nSPS) is 13.8. The number of nitrogens with one attached hydrogen (secondary N) is 2. The number of imidazole rings is 1. The molecule has 0 spiro atoms. The van der Waals surface area contributed by atoms with Crippen LogP contribution in [-0.4, -0.2) is 39.1 Å². The Hall–Kier alpha value is -2.28. The fraction of sp³-hybridized carbons (Fsp3) is 0.385. The fourth-order valence-electron chi connectivity index (χ4n) is 2.20.